The van der Waals surface area contributed by atoms with Crippen LogP contribution in [0.5, 0.6) is 0 Å². The van der Waals surface area contributed by atoms with Gasteiger partial charge in [-0.2, -0.15) is 5.26 Å². The summed E-state index contributed by atoms with van der Waals surface area (Å²) in [5.74, 6) is 0. The summed E-state index contributed by atoms with van der Waals surface area (Å²) in [6.07, 6.45) is 1.41. The fourth-order valence-corrected chi connectivity index (χ4v) is 0.543. The Labute approximate surface area is 49.8 Å². The lowest BCUT2D eigenvalue weighted by atomic mass is 10.0. The van der Waals surface area contributed by atoms with Crippen LogP contribution in [0.15, 0.2) is 0 Å². The van der Waals surface area contributed by atoms with Crippen LogP contribution in [-0.4, -0.2) is 10.7 Å². The van der Waals surface area contributed by atoms with Gasteiger partial charge in [0.2, 0.25) is 0 Å². The summed E-state index contributed by atoms with van der Waals surface area (Å²) in [4.78, 5) is 0. The highest BCUT2D eigenvalue weighted by molar-refractivity contribution is 4.95. The molecular weight excluding hydrogens is 102 g/mol. The van der Waals surface area contributed by atoms with Gasteiger partial charge >= 0.3 is 0 Å². The van der Waals surface area contributed by atoms with E-state index in [1.54, 1.807) is 6.07 Å². The molecule has 0 saturated heterocycles. The second-order valence-corrected chi connectivity index (χ2v) is 2.14. The van der Waals surface area contributed by atoms with Gasteiger partial charge in [-0.05, 0) is 13.3 Å². The molecule has 46 valence electrons. The quantitative estimate of drug-likeness (QED) is 0.544. The van der Waals surface area contributed by atoms with Crippen molar-refractivity contribution >= 4 is 0 Å². The Kier molecular flexibility index (Phi) is 2.50. The third kappa shape index (κ3) is 2.59. The van der Waals surface area contributed by atoms with E-state index in [2.05, 4.69) is 0 Å². The molecule has 0 aromatic carbocycles. The van der Waals surface area contributed by atoms with Crippen LogP contribution >= 0.6 is 0 Å². The number of rotatable bonds is 2. The van der Waals surface area contributed by atoms with Crippen LogP contribution in [-0.2, 0) is 0 Å². The van der Waals surface area contributed by atoms with E-state index in [4.69, 9.17) is 10.4 Å². The van der Waals surface area contributed by atoms with Gasteiger partial charge in [0, 0.05) is 0 Å². The molecule has 0 aliphatic rings. The Hall–Kier alpha value is -0.550. The summed E-state index contributed by atoms with van der Waals surface area (Å²) in [7, 11) is 0. The molecule has 0 spiro atoms. The van der Waals surface area contributed by atoms with Gasteiger partial charge in [-0.15, -0.1) is 0 Å². The first kappa shape index (κ1) is 7.45. The lowest BCUT2D eigenvalue weighted by molar-refractivity contribution is 0.109. The van der Waals surface area contributed by atoms with E-state index in [1.165, 1.54) is 6.92 Å². The summed E-state index contributed by atoms with van der Waals surface area (Å²) >= 11 is 0. The fraction of sp³-hybridized carbons (Fsp3) is 0.833. The van der Waals surface area contributed by atoms with Gasteiger partial charge in [-0.25, -0.2) is 0 Å². The van der Waals surface area contributed by atoms with Crippen LogP contribution in [0.3, 0.4) is 0 Å². The zero-order valence-electron chi connectivity index (χ0n) is 5.31. The molecule has 0 radical (unpaired) electrons. The Morgan fingerprint density at radius 1 is 1.75 bits per heavy atom. The van der Waals surface area contributed by atoms with Crippen LogP contribution < -0.4 is 0 Å². The Morgan fingerprint density at radius 2 is 2.25 bits per heavy atom. The van der Waals surface area contributed by atoms with Gasteiger partial charge < -0.3 is 5.11 Å². The maximum Gasteiger partial charge on any atom is 0.148 e. The normalized spacial score (nSPS) is 16.8. The molecule has 0 amide bonds. The number of aliphatic hydroxyl groups is 1. The van der Waals surface area contributed by atoms with Gasteiger partial charge in [-0.3, -0.25) is 0 Å². The summed E-state index contributed by atoms with van der Waals surface area (Å²) < 4.78 is 0. The molecule has 0 aromatic heterocycles. The van der Waals surface area contributed by atoms with Crippen LogP contribution in [0, 0.1) is 11.3 Å². The van der Waals surface area contributed by atoms with Crippen LogP contribution in [0.4, 0.5) is 0 Å². The standard InChI is InChI=1S/C6H11NO/c1-3-4-6(2,8)5-7/h8H,3-4H2,1-2H3/t6-/m0/s1. The lowest BCUT2D eigenvalue weighted by Gasteiger charge is -2.10. The van der Waals surface area contributed by atoms with E-state index in [9.17, 15) is 0 Å². The minimum atomic E-state index is -1.10. The predicted molar refractivity (Wildman–Crippen MR) is 31.1 cm³/mol. The maximum absolute atomic E-state index is 8.96. The zero-order chi connectivity index (χ0) is 6.62. The van der Waals surface area contributed by atoms with Crippen molar-refractivity contribution < 1.29 is 5.11 Å². The fourth-order valence-electron chi connectivity index (χ4n) is 0.543. The van der Waals surface area contributed by atoms with E-state index >= 15 is 0 Å². The minimum absolute atomic E-state index is 0.559. The molecule has 1 N–H and O–H groups in total. The Balaban J connectivity index is 3.59. The van der Waals surface area contributed by atoms with Crippen molar-refractivity contribution in [3.05, 3.63) is 0 Å². The summed E-state index contributed by atoms with van der Waals surface area (Å²) in [5.41, 5.74) is -1.10. The van der Waals surface area contributed by atoms with E-state index in [0.29, 0.717) is 6.42 Å². The number of nitriles is 1. The van der Waals surface area contributed by atoms with Crippen molar-refractivity contribution in [2.75, 3.05) is 0 Å². The first-order valence-corrected chi connectivity index (χ1v) is 2.76. The average Bonchev–Trinajstić information content (AvgIpc) is 1.67. The largest absolute Gasteiger partial charge is 0.376 e. The van der Waals surface area contributed by atoms with E-state index in [0.717, 1.165) is 6.42 Å². The molecule has 0 fully saturated rings. The van der Waals surface area contributed by atoms with Gasteiger partial charge in [0.1, 0.15) is 5.60 Å². The molecule has 0 aromatic rings. The summed E-state index contributed by atoms with van der Waals surface area (Å²) in [6.45, 7) is 3.46. The minimum Gasteiger partial charge on any atom is -0.376 e. The average molecular weight is 113 g/mol. The molecule has 0 aliphatic carbocycles. The first-order valence-electron chi connectivity index (χ1n) is 2.76. The SMILES string of the molecule is CCC[C@](C)(O)C#N. The second kappa shape index (κ2) is 2.68. The molecule has 0 rings (SSSR count). The van der Waals surface area contributed by atoms with Gasteiger partial charge in [0.25, 0.3) is 0 Å². The first-order chi connectivity index (χ1) is 3.62. The molecular formula is C6H11NO. The highest BCUT2D eigenvalue weighted by Gasteiger charge is 2.16. The topological polar surface area (TPSA) is 44.0 Å². The molecule has 1 atom stereocenters. The van der Waals surface area contributed by atoms with Gasteiger partial charge in [0.05, 0.1) is 6.07 Å². The molecule has 8 heavy (non-hydrogen) atoms. The van der Waals surface area contributed by atoms with Crippen molar-refractivity contribution in [3.8, 4) is 6.07 Å². The summed E-state index contributed by atoms with van der Waals surface area (Å²) in [5, 5.41) is 17.2. The third-order valence-electron chi connectivity index (χ3n) is 0.978. The van der Waals surface area contributed by atoms with Crippen LogP contribution in [0.1, 0.15) is 26.7 Å². The maximum atomic E-state index is 8.96. The molecule has 2 nitrogen and oxygen atoms in total. The monoisotopic (exact) mass is 113 g/mol. The Bertz CT molecular complexity index is 102. The van der Waals surface area contributed by atoms with Crippen molar-refractivity contribution in [2.24, 2.45) is 0 Å². The number of hydrogen-bond acceptors (Lipinski definition) is 2. The van der Waals surface area contributed by atoms with E-state index in [-0.39, 0.29) is 0 Å². The van der Waals surface area contributed by atoms with Crippen molar-refractivity contribution in [2.45, 2.75) is 32.3 Å². The Morgan fingerprint density at radius 3 is 2.38 bits per heavy atom. The van der Waals surface area contributed by atoms with Gasteiger partial charge in [0.15, 0.2) is 0 Å². The number of hydrogen-bond donors (Lipinski definition) is 1. The molecule has 2 heteroatoms. The highest BCUT2D eigenvalue weighted by Crippen LogP contribution is 2.08. The van der Waals surface area contributed by atoms with Crippen molar-refractivity contribution in [1.82, 2.24) is 0 Å². The zero-order valence-corrected chi connectivity index (χ0v) is 5.31. The van der Waals surface area contributed by atoms with E-state index < -0.39 is 5.60 Å². The van der Waals surface area contributed by atoms with Crippen LogP contribution in [0.25, 0.3) is 0 Å². The van der Waals surface area contributed by atoms with Crippen LogP contribution in [0.2, 0.25) is 0 Å². The van der Waals surface area contributed by atoms with E-state index in [1.807, 2.05) is 6.92 Å². The lowest BCUT2D eigenvalue weighted by Crippen LogP contribution is -2.19. The molecule has 0 saturated carbocycles. The van der Waals surface area contributed by atoms with Crippen molar-refractivity contribution in [3.63, 3.8) is 0 Å². The molecule has 0 bridgehead atoms. The molecule has 0 aliphatic heterocycles. The number of nitrogens with zero attached hydrogens (tertiary/aromatic N) is 1. The highest BCUT2D eigenvalue weighted by atomic mass is 16.3. The third-order valence-corrected chi connectivity index (χ3v) is 0.978. The molecule has 0 unspecified atom stereocenters. The van der Waals surface area contributed by atoms with Gasteiger partial charge in [-0.1, -0.05) is 13.3 Å². The smallest absolute Gasteiger partial charge is 0.148 e. The predicted octanol–water partition coefficient (Wildman–Crippen LogP) is 1.06. The molecule has 0 heterocycles. The summed E-state index contributed by atoms with van der Waals surface area (Å²) in [6, 6.07) is 1.80. The van der Waals surface area contributed by atoms with Crippen molar-refractivity contribution in [1.29, 1.82) is 5.26 Å². The second-order valence-electron chi connectivity index (χ2n) is 2.14.